The minimum absolute atomic E-state index is 0. The van der Waals surface area contributed by atoms with Gasteiger partial charge in [0.2, 0.25) is 0 Å². The van der Waals surface area contributed by atoms with E-state index in [0.717, 1.165) is 30.5 Å². The zero-order chi connectivity index (χ0) is 27.4. The maximum atomic E-state index is 11.0. The second-order valence-corrected chi connectivity index (χ2v) is 12.3. The molecule has 0 aromatic rings. The Kier molecular flexibility index (Phi) is 28.8. The van der Waals surface area contributed by atoms with Crippen molar-refractivity contribution in [2.75, 3.05) is 19.6 Å². The number of allylic oxidation sites excluding steroid dienone is 2. The quantitative estimate of drug-likeness (QED) is 0.0555. The molecule has 2 atom stereocenters. The Labute approximate surface area is 251 Å². The van der Waals surface area contributed by atoms with Crippen LogP contribution in [0.1, 0.15) is 181 Å². The second-order valence-electron chi connectivity index (χ2n) is 12.3. The third-order valence-electron chi connectivity index (χ3n) is 8.70. The number of rotatable bonds is 29. The Morgan fingerprint density at radius 1 is 0.615 bits per heavy atom. The molecule has 0 saturated heterocycles. The van der Waals surface area contributed by atoms with Crippen molar-refractivity contribution in [1.29, 1.82) is 0 Å². The molecule has 0 aliphatic carbocycles. The molecule has 0 aromatic carbocycles. The van der Waals surface area contributed by atoms with E-state index in [0.29, 0.717) is 0 Å². The zero-order valence-corrected chi connectivity index (χ0v) is 27.3. The van der Waals surface area contributed by atoms with Gasteiger partial charge in [0, 0.05) is 6.42 Å². The van der Waals surface area contributed by atoms with E-state index in [1.807, 2.05) is 0 Å². The fourth-order valence-electron chi connectivity index (χ4n) is 5.97. The van der Waals surface area contributed by atoms with Gasteiger partial charge in [-0.1, -0.05) is 142 Å². The summed E-state index contributed by atoms with van der Waals surface area (Å²) in [6.07, 6.45) is 41.5. The van der Waals surface area contributed by atoms with E-state index in [4.69, 9.17) is 0 Å². The number of aliphatic hydroxyl groups is 1. The van der Waals surface area contributed by atoms with Crippen molar-refractivity contribution in [3.05, 3.63) is 12.2 Å². The van der Waals surface area contributed by atoms with Crippen molar-refractivity contribution >= 4 is 6.34 Å². The Balaban J connectivity index is 0.0000144. The summed E-state index contributed by atoms with van der Waals surface area (Å²) < 4.78 is 0.737. The van der Waals surface area contributed by atoms with Crippen LogP contribution < -0.4 is 12.4 Å². The Morgan fingerprint density at radius 2 is 1.03 bits per heavy atom. The molecule has 0 radical (unpaired) electrons. The van der Waals surface area contributed by atoms with E-state index >= 15 is 0 Å². The number of unbranched alkanes of at least 4 members (excludes halogenated alkanes) is 22. The van der Waals surface area contributed by atoms with Gasteiger partial charge in [0.15, 0.2) is 12.6 Å². The van der Waals surface area contributed by atoms with Gasteiger partial charge in [-0.05, 0) is 44.9 Å². The Hall–Kier alpha value is -0.380. The highest BCUT2D eigenvalue weighted by atomic mass is 35.5. The van der Waals surface area contributed by atoms with Gasteiger partial charge in [-0.15, -0.1) is 0 Å². The first-order valence-corrected chi connectivity index (χ1v) is 17.5. The van der Waals surface area contributed by atoms with Crippen LogP contribution in [0.5, 0.6) is 0 Å². The summed E-state index contributed by atoms with van der Waals surface area (Å²) in [7, 11) is 0. The highest BCUT2D eigenvalue weighted by molar-refractivity contribution is 5.48. The number of aliphatic hydroxyl groups excluding tert-OH is 1. The fraction of sp³-hybridized carbons (Fsp3) is 0.914. The minimum atomic E-state index is -0.247. The number of hydrogen-bond acceptors (Lipinski definition) is 2. The van der Waals surface area contributed by atoms with Crippen LogP contribution >= 0.6 is 0 Å². The van der Waals surface area contributed by atoms with Gasteiger partial charge in [-0.2, -0.15) is 0 Å². The number of nitrogens with zero attached hydrogens (tertiary/aromatic N) is 2. The van der Waals surface area contributed by atoms with Crippen LogP contribution in [0.25, 0.3) is 0 Å². The van der Waals surface area contributed by atoms with Crippen molar-refractivity contribution in [2.24, 2.45) is 4.99 Å². The van der Waals surface area contributed by atoms with Gasteiger partial charge < -0.3 is 17.5 Å². The number of halogens is 1. The molecule has 0 spiro atoms. The highest BCUT2D eigenvalue weighted by Crippen LogP contribution is 2.22. The van der Waals surface area contributed by atoms with Crippen molar-refractivity contribution in [3.63, 3.8) is 0 Å². The van der Waals surface area contributed by atoms with E-state index in [1.165, 1.54) is 161 Å². The lowest BCUT2D eigenvalue weighted by Crippen LogP contribution is -3.00. The summed E-state index contributed by atoms with van der Waals surface area (Å²) in [5, 5.41) is 11.0. The molecule has 4 heteroatoms. The SMILES string of the molecule is CCCCCCCC/C=C\CCCCCCCC[N+]1(C(O)CCCCCCCCCCCCC)C=NCC1.[Cl-]. The molecule has 2 unspecified atom stereocenters. The third kappa shape index (κ3) is 22.0. The van der Waals surface area contributed by atoms with Gasteiger partial charge >= 0.3 is 0 Å². The van der Waals surface area contributed by atoms with Crippen LogP contribution in [0.4, 0.5) is 0 Å². The van der Waals surface area contributed by atoms with E-state index < -0.39 is 0 Å². The first kappa shape index (κ1) is 38.6. The lowest BCUT2D eigenvalue weighted by atomic mass is 10.0. The second kappa shape index (κ2) is 29.1. The van der Waals surface area contributed by atoms with E-state index in [2.05, 4.69) is 37.3 Å². The maximum absolute atomic E-state index is 11.0. The van der Waals surface area contributed by atoms with Gasteiger partial charge in [-0.25, -0.2) is 4.99 Å². The summed E-state index contributed by atoms with van der Waals surface area (Å²) in [4.78, 5) is 4.54. The summed E-state index contributed by atoms with van der Waals surface area (Å²) in [5.41, 5.74) is 0. The molecule has 3 nitrogen and oxygen atoms in total. The summed E-state index contributed by atoms with van der Waals surface area (Å²) >= 11 is 0. The number of aliphatic imine (C=N–C) groups is 1. The first-order chi connectivity index (χ1) is 18.7. The monoisotopic (exact) mass is 569 g/mol. The van der Waals surface area contributed by atoms with E-state index in [9.17, 15) is 5.11 Å². The summed E-state index contributed by atoms with van der Waals surface area (Å²) in [5.74, 6) is 0. The normalized spacial score (nSPS) is 17.7. The molecule has 0 saturated carbocycles. The smallest absolute Gasteiger partial charge is 0.196 e. The molecule has 0 fully saturated rings. The van der Waals surface area contributed by atoms with Gasteiger partial charge in [0.25, 0.3) is 0 Å². The van der Waals surface area contributed by atoms with Crippen LogP contribution in [0.3, 0.4) is 0 Å². The molecule has 39 heavy (non-hydrogen) atoms. The lowest BCUT2D eigenvalue weighted by Gasteiger charge is -2.35. The lowest BCUT2D eigenvalue weighted by molar-refractivity contribution is -0.880. The average molecular weight is 569 g/mol. The van der Waals surface area contributed by atoms with E-state index in [1.54, 1.807) is 0 Å². The molecule has 1 aliphatic heterocycles. The minimum Gasteiger partial charge on any atom is -1.00 e. The fourth-order valence-corrected chi connectivity index (χ4v) is 5.97. The molecule has 1 aliphatic rings. The van der Waals surface area contributed by atoms with Crippen LogP contribution in [0, 0.1) is 0 Å². The molecular formula is C35H69ClN2O. The zero-order valence-electron chi connectivity index (χ0n) is 26.5. The predicted octanol–water partition coefficient (Wildman–Crippen LogP) is 7.91. The van der Waals surface area contributed by atoms with Crippen molar-refractivity contribution in [3.8, 4) is 0 Å². The molecular weight excluding hydrogens is 500 g/mol. The highest BCUT2D eigenvalue weighted by Gasteiger charge is 2.36. The van der Waals surface area contributed by atoms with E-state index in [-0.39, 0.29) is 18.6 Å². The first-order valence-electron chi connectivity index (χ1n) is 17.5. The molecule has 232 valence electrons. The van der Waals surface area contributed by atoms with Gasteiger partial charge in [0.05, 0.1) is 13.1 Å². The maximum Gasteiger partial charge on any atom is 0.196 e. The predicted molar refractivity (Wildman–Crippen MR) is 170 cm³/mol. The molecule has 1 rings (SSSR count). The largest absolute Gasteiger partial charge is 1.00 e. The van der Waals surface area contributed by atoms with Crippen molar-refractivity contribution in [2.45, 2.75) is 187 Å². The molecule has 0 bridgehead atoms. The van der Waals surface area contributed by atoms with Gasteiger partial charge in [0.1, 0.15) is 6.54 Å². The average Bonchev–Trinajstić information content (AvgIpc) is 3.41. The Bertz CT molecular complexity index is 553. The topological polar surface area (TPSA) is 32.6 Å². The number of hydrogen-bond donors (Lipinski definition) is 1. The van der Waals surface area contributed by atoms with Crippen molar-refractivity contribution < 1.29 is 22.0 Å². The van der Waals surface area contributed by atoms with Crippen LogP contribution in [-0.4, -0.2) is 41.8 Å². The standard InChI is InChI=1S/C35H69N2O.ClH/c1-3-5-7-9-11-13-15-16-17-18-19-21-23-25-27-29-32-37(33-31-36-34-37)35(38)30-28-26-24-22-20-14-12-10-8-6-4-2;/h16-17,34-35,38H,3-15,18-33H2,1-2H3;1H/q+1;/p-1/b17-16-;. The van der Waals surface area contributed by atoms with Gasteiger partial charge in [-0.3, -0.25) is 4.48 Å². The molecule has 0 amide bonds. The molecule has 1 N–H and O–H groups in total. The molecule has 1 heterocycles. The van der Waals surface area contributed by atoms with Crippen LogP contribution in [0.15, 0.2) is 17.1 Å². The van der Waals surface area contributed by atoms with Crippen LogP contribution in [0.2, 0.25) is 0 Å². The number of quaternary nitrogens is 1. The van der Waals surface area contributed by atoms with Crippen molar-refractivity contribution in [1.82, 2.24) is 0 Å². The summed E-state index contributed by atoms with van der Waals surface area (Å²) in [6, 6.07) is 0. The third-order valence-corrected chi connectivity index (χ3v) is 8.70. The molecule has 0 aromatic heterocycles. The van der Waals surface area contributed by atoms with Crippen LogP contribution in [-0.2, 0) is 0 Å². The summed E-state index contributed by atoms with van der Waals surface area (Å²) in [6.45, 7) is 7.54. The Morgan fingerprint density at radius 3 is 1.46 bits per heavy atom.